The highest BCUT2D eigenvalue weighted by molar-refractivity contribution is 7.99. The molecule has 3 aromatic carbocycles. The van der Waals surface area contributed by atoms with E-state index in [4.69, 9.17) is 13.6 Å². The molecule has 9 heteroatoms. The van der Waals surface area contributed by atoms with Crippen LogP contribution in [-0.2, 0) is 4.74 Å². The molecule has 0 aliphatic heterocycles. The number of aromatic nitrogens is 4. The van der Waals surface area contributed by atoms with Crippen molar-refractivity contribution < 1.29 is 18.4 Å². The summed E-state index contributed by atoms with van der Waals surface area (Å²) in [4.78, 5) is 13.8. The molecule has 5 aromatic rings. The average molecular weight is 499 g/mol. The van der Waals surface area contributed by atoms with Gasteiger partial charge in [-0.1, -0.05) is 48.5 Å². The fourth-order valence-electron chi connectivity index (χ4n) is 3.45. The first kappa shape index (κ1) is 23.5. The first-order valence-corrected chi connectivity index (χ1v) is 12.2. The van der Waals surface area contributed by atoms with Crippen molar-refractivity contribution in [3.05, 3.63) is 102 Å². The highest BCUT2D eigenvalue weighted by atomic mass is 32.2. The van der Waals surface area contributed by atoms with Gasteiger partial charge < -0.3 is 13.6 Å². The van der Waals surface area contributed by atoms with Crippen molar-refractivity contribution in [2.75, 3.05) is 0 Å². The molecule has 0 spiro atoms. The molecule has 180 valence electrons. The van der Waals surface area contributed by atoms with Crippen LogP contribution in [0.5, 0.6) is 0 Å². The zero-order chi connectivity index (χ0) is 24.9. The molecule has 36 heavy (non-hydrogen) atoms. The second-order valence-corrected chi connectivity index (χ2v) is 9.31. The Morgan fingerprint density at radius 3 is 1.89 bits per heavy atom. The maximum Gasteiger partial charge on any atom is 0.340 e. The molecule has 0 saturated heterocycles. The molecule has 0 aliphatic rings. The van der Waals surface area contributed by atoms with Gasteiger partial charge in [0.15, 0.2) is 6.10 Å². The van der Waals surface area contributed by atoms with Gasteiger partial charge in [0.25, 0.3) is 5.89 Å². The molecule has 0 unspecified atom stereocenters. The van der Waals surface area contributed by atoms with E-state index in [0.717, 1.165) is 16.0 Å². The Kier molecular flexibility index (Phi) is 6.90. The Hall–Kier alpha value is -4.24. The zero-order valence-corrected chi connectivity index (χ0v) is 20.4. The molecular formula is C27H22N4O4S. The average Bonchev–Trinajstić information content (AvgIpc) is 3.61. The Morgan fingerprint density at radius 2 is 1.25 bits per heavy atom. The summed E-state index contributed by atoms with van der Waals surface area (Å²) in [6, 6.07) is 26.2. The van der Waals surface area contributed by atoms with Crippen LogP contribution >= 0.6 is 11.8 Å². The smallest absolute Gasteiger partial charge is 0.340 e. The largest absolute Gasteiger partial charge is 0.449 e. The second kappa shape index (κ2) is 10.6. The lowest BCUT2D eigenvalue weighted by Crippen LogP contribution is -2.11. The van der Waals surface area contributed by atoms with Gasteiger partial charge in [0.1, 0.15) is 0 Å². The number of carbonyl (C=O) groups is 1. The summed E-state index contributed by atoms with van der Waals surface area (Å²) in [6.45, 7) is 3.64. The lowest BCUT2D eigenvalue weighted by atomic mass is 10.2. The summed E-state index contributed by atoms with van der Waals surface area (Å²) in [6.07, 6.45) is -0.720. The van der Waals surface area contributed by atoms with Crippen LogP contribution in [0.25, 0.3) is 22.9 Å². The van der Waals surface area contributed by atoms with Crippen LogP contribution in [0.3, 0.4) is 0 Å². The summed E-state index contributed by atoms with van der Waals surface area (Å²) in [5, 5.41) is 16.3. The number of rotatable bonds is 8. The van der Waals surface area contributed by atoms with E-state index in [1.54, 1.807) is 19.1 Å². The minimum absolute atomic E-state index is 0.189. The van der Waals surface area contributed by atoms with E-state index in [9.17, 15) is 4.79 Å². The van der Waals surface area contributed by atoms with Crippen molar-refractivity contribution in [2.24, 2.45) is 0 Å². The van der Waals surface area contributed by atoms with Crippen molar-refractivity contribution in [2.45, 2.75) is 30.1 Å². The molecule has 0 fully saturated rings. The molecule has 5 rings (SSSR count). The molecule has 2 aromatic heterocycles. The normalized spacial score (nSPS) is 12.7. The van der Waals surface area contributed by atoms with Gasteiger partial charge in [-0.25, -0.2) is 4.79 Å². The van der Waals surface area contributed by atoms with Crippen LogP contribution in [0.2, 0.25) is 0 Å². The fourth-order valence-corrected chi connectivity index (χ4v) is 4.46. The molecule has 2 atom stereocenters. The van der Waals surface area contributed by atoms with Crippen molar-refractivity contribution in [3.63, 3.8) is 0 Å². The number of hydrogen-bond acceptors (Lipinski definition) is 9. The maximum atomic E-state index is 13.1. The van der Waals surface area contributed by atoms with Crippen molar-refractivity contribution in [1.82, 2.24) is 20.4 Å². The topological polar surface area (TPSA) is 104 Å². The van der Waals surface area contributed by atoms with E-state index in [2.05, 4.69) is 20.4 Å². The lowest BCUT2D eigenvalue weighted by Gasteiger charge is -2.13. The number of benzene rings is 3. The first-order valence-electron chi connectivity index (χ1n) is 11.3. The molecule has 0 N–H and O–H groups in total. The van der Waals surface area contributed by atoms with Crippen molar-refractivity contribution in [3.8, 4) is 22.9 Å². The highest BCUT2D eigenvalue weighted by Crippen LogP contribution is 2.37. The quantitative estimate of drug-likeness (QED) is 0.174. The van der Waals surface area contributed by atoms with Crippen molar-refractivity contribution >= 4 is 17.7 Å². The van der Waals surface area contributed by atoms with E-state index >= 15 is 0 Å². The summed E-state index contributed by atoms with van der Waals surface area (Å²) in [5.74, 6) is 1.02. The number of esters is 1. The summed E-state index contributed by atoms with van der Waals surface area (Å²) in [7, 11) is 0. The van der Waals surface area contributed by atoms with Gasteiger partial charge in [0.05, 0.1) is 10.8 Å². The van der Waals surface area contributed by atoms with Gasteiger partial charge in [-0.05, 0) is 50.2 Å². The van der Waals surface area contributed by atoms with Crippen LogP contribution < -0.4 is 0 Å². The molecular weight excluding hydrogens is 476 g/mol. The Labute approximate surface area is 211 Å². The van der Waals surface area contributed by atoms with Gasteiger partial charge in [-0.2, -0.15) is 0 Å². The minimum Gasteiger partial charge on any atom is -0.449 e. The van der Waals surface area contributed by atoms with Gasteiger partial charge in [0, 0.05) is 16.0 Å². The predicted molar refractivity (Wildman–Crippen MR) is 134 cm³/mol. The van der Waals surface area contributed by atoms with Crippen molar-refractivity contribution in [1.29, 1.82) is 0 Å². The van der Waals surface area contributed by atoms with Gasteiger partial charge in [0.2, 0.25) is 17.7 Å². The van der Waals surface area contributed by atoms with Crippen LogP contribution in [0.1, 0.15) is 47.3 Å². The minimum atomic E-state index is -0.720. The van der Waals surface area contributed by atoms with Crippen LogP contribution in [0, 0.1) is 0 Å². The van der Waals surface area contributed by atoms with E-state index < -0.39 is 12.1 Å². The third kappa shape index (κ3) is 5.21. The van der Waals surface area contributed by atoms with E-state index in [1.165, 1.54) is 11.8 Å². The maximum absolute atomic E-state index is 13.1. The summed E-state index contributed by atoms with van der Waals surface area (Å²) in [5.41, 5.74) is 2.07. The second-order valence-electron chi connectivity index (χ2n) is 7.93. The number of nitrogens with zero attached hydrogens (tertiary/aromatic N) is 4. The van der Waals surface area contributed by atoms with Crippen LogP contribution in [0.15, 0.2) is 98.7 Å². The molecule has 2 heterocycles. The standard InChI is InChI=1S/C27H22N4O4S/c1-17(23-28-30-25(34-23)19-11-5-3-6-12-19)33-27(32)21-15-9-10-16-22(21)36-18(2)24-29-31-26(35-24)20-13-7-4-8-14-20/h3-18H,1-2H3/t17-,18+/m1/s1. The molecule has 0 saturated carbocycles. The third-order valence-electron chi connectivity index (χ3n) is 5.31. The van der Waals surface area contributed by atoms with Crippen LogP contribution in [0.4, 0.5) is 0 Å². The fraction of sp³-hybridized carbons (Fsp3) is 0.148. The third-order valence-corrected chi connectivity index (χ3v) is 6.48. The zero-order valence-electron chi connectivity index (χ0n) is 19.6. The predicted octanol–water partition coefficient (Wildman–Crippen LogP) is 6.56. The number of carbonyl (C=O) groups excluding carboxylic acids is 1. The van der Waals surface area contributed by atoms with Gasteiger partial charge in [-0.15, -0.1) is 32.2 Å². The Morgan fingerprint density at radius 1 is 0.722 bits per heavy atom. The number of ether oxygens (including phenoxy) is 1. The summed E-state index contributed by atoms with van der Waals surface area (Å²) < 4.78 is 17.3. The van der Waals surface area contributed by atoms with Gasteiger partial charge >= 0.3 is 5.97 Å². The van der Waals surface area contributed by atoms with Crippen LogP contribution in [-0.4, -0.2) is 26.4 Å². The Bertz CT molecular complexity index is 1450. The monoisotopic (exact) mass is 498 g/mol. The summed E-state index contributed by atoms with van der Waals surface area (Å²) >= 11 is 1.44. The molecule has 0 aliphatic carbocycles. The SMILES string of the molecule is C[C@H](Sc1ccccc1C(=O)O[C@H](C)c1nnc(-c2ccccc2)o1)c1nnc(-c2ccccc2)o1. The number of thioether (sulfide) groups is 1. The van der Waals surface area contributed by atoms with E-state index in [-0.39, 0.29) is 11.1 Å². The Balaban J connectivity index is 1.28. The lowest BCUT2D eigenvalue weighted by molar-refractivity contribution is 0.0275. The first-order chi connectivity index (χ1) is 17.6. The molecule has 0 bridgehead atoms. The highest BCUT2D eigenvalue weighted by Gasteiger charge is 2.24. The molecule has 8 nitrogen and oxygen atoms in total. The number of hydrogen-bond donors (Lipinski definition) is 0. The molecule has 0 radical (unpaired) electrons. The van der Waals surface area contributed by atoms with E-state index in [0.29, 0.717) is 23.2 Å². The van der Waals surface area contributed by atoms with Gasteiger partial charge in [-0.3, -0.25) is 0 Å². The van der Waals surface area contributed by atoms with E-state index in [1.807, 2.05) is 79.7 Å². The molecule has 0 amide bonds.